The van der Waals surface area contributed by atoms with Gasteiger partial charge in [-0.25, -0.2) is 0 Å². The van der Waals surface area contributed by atoms with Crippen LogP contribution in [0.15, 0.2) is 0 Å². The van der Waals surface area contributed by atoms with Gasteiger partial charge in [0.2, 0.25) is 0 Å². The third-order valence-electron chi connectivity index (χ3n) is 7.45. The molecule has 0 aromatic rings. The van der Waals surface area contributed by atoms with Crippen molar-refractivity contribution >= 4 is 5.97 Å². The van der Waals surface area contributed by atoms with Crippen molar-refractivity contribution in [2.45, 2.75) is 40.5 Å². The van der Waals surface area contributed by atoms with E-state index in [4.69, 9.17) is 0 Å². The first-order valence-corrected chi connectivity index (χ1v) is 6.46. The largest absolute Gasteiger partial charge is 0.481 e. The van der Waals surface area contributed by atoms with Gasteiger partial charge in [-0.1, -0.05) is 27.7 Å². The number of fused-ring (bicyclic) bond motifs is 1. The van der Waals surface area contributed by atoms with Gasteiger partial charge < -0.3 is 5.11 Å². The number of carboxylic acid groups (broad SMARTS) is 1. The summed E-state index contributed by atoms with van der Waals surface area (Å²) in [5, 5.41) is 9.46. The smallest absolute Gasteiger partial charge is 0.307 e. The van der Waals surface area contributed by atoms with Gasteiger partial charge in [0.15, 0.2) is 0 Å². The Labute approximate surface area is 96.4 Å². The third kappa shape index (κ3) is 0.537. The molecule has 2 spiro atoms. The Kier molecular flexibility index (Phi) is 1.11. The Hall–Kier alpha value is -0.530. The topological polar surface area (TPSA) is 37.3 Å². The first-order chi connectivity index (χ1) is 7.23. The Morgan fingerprint density at radius 3 is 2.25 bits per heavy atom. The van der Waals surface area contributed by atoms with E-state index in [0.29, 0.717) is 16.7 Å². The zero-order chi connectivity index (χ0) is 11.7. The van der Waals surface area contributed by atoms with Gasteiger partial charge in [-0.05, 0) is 46.3 Å². The molecule has 2 nitrogen and oxygen atoms in total. The van der Waals surface area contributed by atoms with Crippen LogP contribution in [0.5, 0.6) is 0 Å². The fraction of sp³-hybridized carbons (Fsp3) is 0.929. The molecule has 16 heavy (non-hydrogen) atoms. The van der Waals surface area contributed by atoms with Crippen LogP contribution in [0.1, 0.15) is 40.5 Å². The average molecular weight is 220 g/mol. The summed E-state index contributed by atoms with van der Waals surface area (Å²) in [6.45, 7) is 9.33. The molecule has 4 saturated carbocycles. The van der Waals surface area contributed by atoms with E-state index in [-0.39, 0.29) is 16.7 Å². The number of aliphatic carboxylic acids is 1. The number of carboxylic acids is 1. The Bertz CT molecular complexity index is 436. The van der Waals surface area contributed by atoms with Gasteiger partial charge in [0, 0.05) is 0 Å². The van der Waals surface area contributed by atoms with Crippen LogP contribution < -0.4 is 0 Å². The van der Waals surface area contributed by atoms with Crippen LogP contribution in [-0.4, -0.2) is 11.1 Å². The normalized spacial score (nSPS) is 61.4. The molecule has 1 N–H and O–H groups in total. The molecule has 4 fully saturated rings. The molecule has 2 bridgehead atoms. The number of hydrogen-bond donors (Lipinski definition) is 1. The highest BCUT2D eigenvalue weighted by molar-refractivity contribution is 5.75. The summed E-state index contributed by atoms with van der Waals surface area (Å²) in [7, 11) is 0. The molecule has 5 atom stereocenters. The standard InChI is InChI=1S/C14H20O2/c1-11(2)8-9-12(3,4)14(9)6-13(8,11)5-7(14)10(15)16/h7-9H,5-6H2,1-4H3,(H,15,16). The predicted octanol–water partition coefficient (Wildman–Crippen LogP) is 2.78. The zero-order valence-electron chi connectivity index (χ0n) is 10.5. The molecule has 2 heteroatoms. The molecule has 4 aliphatic rings. The van der Waals surface area contributed by atoms with E-state index in [2.05, 4.69) is 27.7 Å². The first-order valence-electron chi connectivity index (χ1n) is 6.46. The van der Waals surface area contributed by atoms with E-state index >= 15 is 0 Å². The van der Waals surface area contributed by atoms with Gasteiger partial charge in [0.05, 0.1) is 5.92 Å². The Balaban J connectivity index is 1.86. The number of carbonyl (C=O) groups is 1. The van der Waals surface area contributed by atoms with Crippen molar-refractivity contribution in [2.24, 2.45) is 39.4 Å². The maximum absolute atomic E-state index is 11.5. The lowest BCUT2D eigenvalue weighted by Gasteiger charge is -2.19. The second-order valence-corrected chi connectivity index (χ2v) is 7.87. The van der Waals surface area contributed by atoms with Crippen molar-refractivity contribution in [3.63, 3.8) is 0 Å². The molecule has 0 aromatic carbocycles. The second-order valence-electron chi connectivity index (χ2n) is 7.87. The molecule has 88 valence electrons. The minimum Gasteiger partial charge on any atom is -0.481 e. The lowest BCUT2D eigenvalue weighted by atomic mass is 9.84. The molecule has 0 heterocycles. The Morgan fingerprint density at radius 1 is 1.12 bits per heavy atom. The third-order valence-corrected chi connectivity index (χ3v) is 7.45. The number of rotatable bonds is 1. The van der Waals surface area contributed by atoms with E-state index in [0.717, 1.165) is 12.3 Å². The van der Waals surface area contributed by atoms with Gasteiger partial charge >= 0.3 is 5.97 Å². The fourth-order valence-corrected chi connectivity index (χ4v) is 6.67. The zero-order valence-corrected chi connectivity index (χ0v) is 10.5. The van der Waals surface area contributed by atoms with Crippen molar-refractivity contribution < 1.29 is 9.90 Å². The van der Waals surface area contributed by atoms with Gasteiger partial charge in [-0.2, -0.15) is 0 Å². The van der Waals surface area contributed by atoms with Crippen LogP contribution in [0, 0.1) is 39.4 Å². The highest BCUT2D eigenvalue weighted by Gasteiger charge is 2.98. The molecule has 0 aromatic heterocycles. The number of hydrogen-bond acceptors (Lipinski definition) is 1. The molecule has 5 unspecified atom stereocenters. The van der Waals surface area contributed by atoms with Gasteiger partial charge in [0.1, 0.15) is 0 Å². The first kappa shape index (κ1) is 9.49. The van der Waals surface area contributed by atoms with E-state index in [1.165, 1.54) is 6.42 Å². The van der Waals surface area contributed by atoms with Crippen molar-refractivity contribution in [3.05, 3.63) is 0 Å². The van der Waals surface area contributed by atoms with Gasteiger partial charge in [-0.15, -0.1) is 0 Å². The Morgan fingerprint density at radius 2 is 1.75 bits per heavy atom. The van der Waals surface area contributed by atoms with Crippen LogP contribution in [-0.2, 0) is 4.79 Å². The van der Waals surface area contributed by atoms with Crippen molar-refractivity contribution in [2.75, 3.05) is 0 Å². The van der Waals surface area contributed by atoms with Crippen molar-refractivity contribution in [1.29, 1.82) is 0 Å². The average Bonchev–Trinajstić information content (AvgIpc) is 2.75. The van der Waals surface area contributed by atoms with Crippen LogP contribution >= 0.6 is 0 Å². The minimum absolute atomic E-state index is 0.0504. The maximum atomic E-state index is 11.5. The van der Waals surface area contributed by atoms with E-state index in [9.17, 15) is 9.90 Å². The maximum Gasteiger partial charge on any atom is 0.307 e. The summed E-state index contributed by atoms with van der Waals surface area (Å²) in [5.74, 6) is 0.939. The second kappa shape index (κ2) is 1.87. The molecule has 0 radical (unpaired) electrons. The van der Waals surface area contributed by atoms with E-state index in [1.54, 1.807) is 0 Å². The SMILES string of the molecule is CC1(C)C2C3C(C)(C)C34CC21CC4C(=O)O. The van der Waals surface area contributed by atoms with Crippen molar-refractivity contribution in [3.8, 4) is 0 Å². The molecular weight excluding hydrogens is 200 g/mol. The minimum atomic E-state index is -0.534. The van der Waals surface area contributed by atoms with Gasteiger partial charge in [-0.3, -0.25) is 4.79 Å². The van der Waals surface area contributed by atoms with Gasteiger partial charge in [0.25, 0.3) is 0 Å². The van der Waals surface area contributed by atoms with Crippen LogP contribution in [0.2, 0.25) is 0 Å². The van der Waals surface area contributed by atoms with Crippen LogP contribution in [0.3, 0.4) is 0 Å². The lowest BCUT2D eigenvalue weighted by Crippen LogP contribution is -2.24. The molecule has 4 aliphatic carbocycles. The fourth-order valence-electron chi connectivity index (χ4n) is 6.67. The van der Waals surface area contributed by atoms with Crippen LogP contribution in [0.25, 0.3) is 0 Å². The lowest BCUT2D eigenvalue weighted by molar-refractivity contribution is -0.144. The highest BCUT2D eigenvalue weighted by Crippen LogP contribution is 3.01. The summed E-state index contributed by atoms with van der Waals surface area (Å²) in [6.07, 6.45) is 2.16. The molecular formula is C14H20O2. The highest BCUT2D eigenvalue weighted by atomic mass is 16.4. The molecule has 0 amide bonds. The quantitative estimate of drug-likeness (QED) is 0.737. The van der Waals surface area contributed by atoms with E-state index in [1.807, 2.05) is 0 Å². The van der Waals surface area contributed by atoms with E-state index < -0.39 is 5.97 Å². The van der Waals surface area contributed by atoms with Crippen molar-refractivity contribution in [1.82, 2.24) is 0 Å². The summed E-state index contributed by atoms with van der Waals surface area (Å²) < 4.78 is 0. The van der Waals surface area contributed by atoms with Crippen LogP contribution in [0.4, 0.5) is 0 Å². The predicted molar refractivity (Wildman–Crippen MR) is 59.8 cm³/mol. The monoisotopic (exact) mass is 220 g/mol. The molecule has 0 aliphatic heterocycles. The molecule has 0 saturated heterocycles. The summed E-state index contributed by atoms with van der Waals surface area (Å²) in [5.41, 5.74) is 1.29. The molecule has 4 rings (SSSR count). The summed E-state index contributed by atoms with van der Waals surface area (Å²) >= 11 is 0. The summed E-state index contributed by atoms with van der Waals surface area (Å²) in [4.78, 5) is 11.5. The summed E-state index contributed by atoms with van der Waals surface area (Å²) in [6, 6.07) is 0.